The Labute approximate surface area is 110 Å². The van der Waals surface area contributed by atoms with Gasteiger partial charge < -0.3 is 14.4 Å². The normalized spacial score (nSPS) is 28.3. The second-order valence-electron chi connectivity index (χ2n) is 5.37. The van der Waals surface area contributed by atoms with Crippen molar-refractivity contribution in [2.75, 3.05) is 7.11 Å². The van der Waals surface area contributed by atoms with Gasteiger partial charge in [-0.25, -0.2) is 9.59 Å². The maximum atomic E-state index is 12.0. The zero-order chi connectivity index (χ0) is 13.7. The van der Waals surface area contributed by atoms with E-state index in [4.69, 9.17) is 9.47 Å². The number of ether oxygens (including phenoxy) is 2. The van der Waals surface area contributed by atoms with Gasteiger partial charge in [-0.1, -0.05) is 0 Å². The molecule has 1 atom stereocenters. The van der Waals surface area contributed by atoms with Gasteiger partial charge >= 0.3 is 11.9 Å². The van der Waals surface area contributed by atoms with Gasteiger partial charge in [0.2, 0.25) is 0 Å². The molecule has 0 aromatic rings. The van der Waals surface area contributed by atoms with E-state index in [2.05, 4.69) is 0 Å². The van der Waals surface area contributed by atoms with E-state index in [9.17, 15) is 9.59 Å². The topological polar surface area (TPSA) is 55.8 Å². The van der Waals surface area contributed by atoms with E-state index < -0.39 is 10.5 Å². The van der Waals surface area contributed by atoms with E-state index >= 15 is 0 Å². The molecule has 6 heteroatoms. The van der Waals surface area contributed by atoms with Gasteiger partial charge in [0.15, 0.2) is 5.72 Å². The lowest BCUT2D eigenvalue weighted by Gasteiger charge is -2.41. The molecule has 1 fully saturated rings. The summed E-state index contributed by atoms with van der Waals surface area (Å²) >= 11 is 1.35. The molecule has 0 aromatic carbocycles. The van der Waals surface area contributed by atoms with Gasteiger partial charge in [-0.15, -0.1) is 11.8 Å². The Morgan fingerprint density at radius 3 is 2.61 bits per heavy atom. The van der Waals surface area contributed by atoms with Crippen molar-refractivity contribution < 1.29 is 19.1 Å². The van der Waals surface area contributed by atoms with Crippen molar-refractivity contribution in [1.82, 2.24) is 4.90 Å². The van der Waals surface area contributed by atoms with Gasteiger partial charge in [0.1, 0.15) is 10.9 Å². The lowest BCUT2D eigenvalue weighted by molar-refractivity contribution is -0.148. The van der Waals surface area contributed by atoms with Crippen LogP contribution in [0.4, 0.5) is 0 Å². The monoisotopic (exact) mass is 271 g/mol. The molecule has 2 aliphatic heterocycles. The molecule has 2 heterocycles. The van der Waals surface area contributed by atoms with Crippen LogP contribution in [0.3, 0.4) is 0 Å². The van der Waals surface area contributed by atoms with Gasteiger partial charge in [-0.2, -0.15) is 0 Å². The number of hydrogen-bond acceptors (Lipinski definition) is 6. The molecule has 0 bridgehead atoms. The molecule has 0 spiro atoms. The highest BCUT2D eigenvalue weighted by atomic mass is 32.2. The first-order valence-corrected chi connectivity index (χ1v) is 6.51. The molecule has 0 unspecified atom stereocenters. The summed E-state index contributed by atoms with van der Waals surface area (Å²) in [7, 11) is 1.35. The highest BCUT2D eigenvalue weighted by Crippen LogP contribution is 2.47. The molecule has 0 N–H and O–H groups in total. The fourth-order valence-corrected chi connectivity index (χ4v) is 3.54. The molecule has 18 heavy (non-hydrogen) atoms. The summed E-state index contributed by atoms with van der Waals surface area (Å²) in [6.07, 6.45) is 1.66. The van der Waals surface area contributed by atoms with Crippen LogP contribution < -0.4 is 0 Å². The number of methoxy groups -OCH3 is 1. The van der Waals surface area contributed by atoms with E-state index in [1.807, 2.05) is 27.7 Å². The molecule has 2 aliphatic rings. The molecule has 0 amide bonds. The van der Waals surface area contributed by atoms with Crippen LogP contribution in [-0.4, -0.2) is 40.5 Å². The van der Waals surface area contributed by atoms with Crippen LogP contribution in [-0.2, 0) is 19.1 Å². The standard InChI is InChI=1S/C12H17NO4S/c1-11(2)8-10(15)17-12(3,4)13(8)6-7(18-11)9(14)16-5/h6,8H,1-5H3/t8-/m1/s1. The van der Waals surface area contributed by atoms with Gasteiger partial charge in [0.25, 0.3) is 0 Å². The van der Waals surface area contributed by atoms with Gasteiger partial charge in [0.05, 0.1) is 7.11 Å². The Bertz CT molecular complexity index is 441. The van der Waals surface area contributed by atoms with Gasteiger partial charge in [-0.3, -0.25) is 0 Å². The van der Waals surface area contributed by atoms with E-state index in [0.29, 0.717) is 4.91 Å². The van der Waals surface area contributed by atoms with Crippen LogP contribution in [0.2, 0.25) is 0 Å². The number of hydrogen-bond donors (Lipinski definition) is 0. The van der Waals surface area contributed by atoms with Crippen LogP contribution >= 0.6 is 11.8 Å². The number of carbonyl (C=O) groups excluding carboxylic acids is 2. The minimum atomic E-state index is -0.737. The third-order valence-electron chi connectivity index (χ3n) is 3.15. The lowest BCUT2D eigenvalue weighted by Crippen LogP contribution is -2.52. The molecule has 0 aliphatic carbocycles. The molecule has 1 saturated heterocycles. The minimum Gasteiger partial charge on any atom is -0.465 e. The highest BCUT2D eigenvalue weighted by molar-refractivity contribution is 8.05. The summed E-state index contributed by atoms with van der Waals surface area (Å²) in [5.41, 5.74) is -0.737. The lowest BCUT2D eigenvalue weighted by atomic mass is 10.0. The molecule has 0 radical (unpaired) electrons. The quantitative estimate of drug-likeness (QED) is 0.673. The van der Waals surface area contributed by atoms with Crippen LogP contribution in [0.5, 0.6) is 0 Å². The van der Waals surface area contributed by atoms with Crippen LogP contribution in [0, 0.1) is 0 Å². The third-order valence-corrected chi connectivity index (χ3v) is 4.39. The largest absolute Gasteiger partial charge is 0.465 e. The van der Waals surface area contributed by atoms with E-state index in [0.717, 1.165) is 0 Å². The smallest absolute Gasteiger partial charge is 0.345 e. The number of thioether (sulfide) groups is 1. The molecular weight excluding hydrogens is 254 g/mol. The summed E-state index contributed by atoms with van der Waals surface area (Å²) < 4.78 is 9.67. The number of carbonyl (C=O) groups is 2. The van der Waals surface area contributed by atoms with Crippen molar-refractivity contribution >= 4 is 23.7 Å². The van der Waals surface area contributed by atoms with Crippen molar-refractivity contribution in [2.45, 2.75) is 44.2 Å². The van der Waals surface area contributed by atoms with Crippen LogP contribution in [0.15, 0.2) is 11.1 Å². The zero-order valence-corrected chi connectivity index (χ0v) is 12.0. The summed E-state index contributed by atoms with van der Waals surface area (Å²) in [5, 5.41) is 0. The molecule has 0 aromatic heterocycles. The van der Waals surface area contributed by atoms with Crippen molar-refractivity contribution in [3.8, 4) is 0 Å². The molecule has 2 rings (SSSR count). The number of rotatable bonds is 1. The summed E-state index contributed by atoms with van der Waals surface area (Å²) in [6, 6.07) is -0.383. The molecule has 5 nitrogen and oxygen atoms in total. The Balaban J connectivity index is 2.46. The molecule has 100 valence electrons. The SMILES string of the molecule is COC(=O)C1=CN2[C@H](C(=O)OC2(C)C)C(C)(C)S1. The summed E-state index contributed by atoms with van der Waals surface area (Å²) in [4.78, 5) is 25.9. The molecule has 0 saturated carbocycles. The zero-order valence-electron chi connectivity index (χ0n) is 11.1. The minimum absolute atomic E-state index is 0.252. The van der Waals surface area contributed by atoms with Gasteiger partial charge in [-0.05, 0) is 27.7 Å². The number of nitrogens with zero attached hydrogens (tertiary/aromatic N) is 1. The second kappa shape index (κ2) is 3.91. The maximum absolute atomic E-state index is 12.0. The Morgan fingerprint density at radius 1 is 1.44 bits per heavy atom. The Morgan fingerprint density at radius 2 is 2.06 bits per heavy atom. The second-order valence-corrected chi connectivity index (χ2v) is 7.06. The first-order valence-electron chi connectivity index (χ1n) is 5.69. The van der Waals surface area contributed by atoms with Crippen molar-refractivity contribution in [3.63, 3.8) is 0 Å². The summed E-state index contributed by atoms with van der Waals surface area (Å²) in [5.74, 6) is -0.640. The number of fused-ring (bicyclic) bond motifs is 1. The van der Waals surface area contributed by atoms with Crippen LogP contribution in [0.1, 0.15) is 27.7 Å². The van der Waals surface area contributed by atoms with Crippen molar-refractivity contribution in [1.29, 1.82) is 0 Å². The van der Waals surface area contributed by atoms with E-state index in [1.165, 1.54) is 18.9 Å². The number of esters is 2. The van der Waals surface area contributed by atoms with Crippen molar-refractivity contribution in [2.24, 2.45) is 0 Å². The Hall–Kier alpha value is -1.17. The first-order chi connectivity index (χ1) is 8.19. The highest BCUT2D eigenvalue weighted by Gasteiger charge is 2.56. The van der Waals surface area contributed by atoms with E-state index in [-0.39, 0.29) is 18.0 Å². The van der Waals surface area contributed by atoms with Crippen LogP contribution in [0.25, 0.3) is 0 Å². The van der Waals surface area contributed by atoms with Crippen molar-refractivity contribution in [3.05, 3.63) is 11.1 Å². The summed E-state index contributed by atoms with van der Waals surface area (Å²) in [6.45, 7) is 7.46. The average Bonchev–Trinajstić information content (AvgIpc) is 2.47. The van der Waals surface area contributed by atoms with Gasteiger partial charge in [0, 0.05) is 10.9 Å². The third kappa shape index (κ3) is 1.88. The predicted octanol–water partition coefficient (Wildman–Crippen LogP) is 1.49. The predicted molar refractivity (Wildman–Crippen MR) is 67.6 cm³/mol. The fraction of sp³-hybridized carbons (Fsp3) is 0.667. The average molecular weight is 271 g/mol. The number of cyclic esters (lactones) is 1. The van der Waals surface area contributed by atoms with E-state index in [1.54, 1.807) is 11.1 Å². The first kappa shape index (κ1) is 13.3. The maximum Gasteiger partial charge on any atom is 0.345 e. The Kier molecular flexibility index (Phi) is 2.88. The fourth-order valence-electron chi connectivity index (χ4n) is 2.31. The molecular formula is C12H17NO4S.